The molecule has 0 saturated carbocycles. The molecule has 0 unspecified atom stereocenters. The van der Waals surface area contributed by atoms with Gasteiger partial charge in [-0.15, -0.1) is 11.3 Å². The maximum atomic E-state index is 12.6. The molecule has 1 amide bonds. The topological polar surface area (TPSA) is 51.0 Å². The lowest BCUT2D eigenvalue weighted by molar-refractivity contribution is -0.132. The quantitative estimate of drug-likeness (QED) is 0.865. The molecule has 1 aliphatic rings. The van der Waals surface area contributed by atoms with E-state index >= 15 is 0 Å². The standard InChI is InChI=1S/C17H24N4OS/c1-12-16(23-14(3)19-12)9-17(22)21-7-4-5-15(11-21)10-20-8-6-18-13(20)2/h6,8,15H,4-5,7,9-11H2,1-3H3/t15-/m1/s1. The van der Waals surface area contributed by atoms with Gasteiger partial charge in [0.15, 0.2) is 0 Å². The summed E-state index contributed by atoms with van der Waals surface area (Å²) in [6.45, 7) is 8.71. The number of aromatic nitrogens is 3. The lowest BCUT2D eigenvalue weighted by atomic mass is 9.97. The number of hydrogen-bond donors (Lipinski definition) is 0. The van der Waals surface area contributed by atoms with Gasteiger partial charge in [-0.05, 0) is 39.5 Å². The maximum Gasteiger partial charge on any atom is 0.227 e. The molecule has 124 valence electrons. The average Bonchev–Trinajstić information content (AvgIpc) is 3.05. The van der Waals surface area contributed by atoms with Gasteiger partial charge in [-0.1, -0.05) is 0 Å². The van der Waals surface area contributed by atoms with E-state index in [1.165, 1.54) is 6.42 Å². The minimum Gasteiger partial charge on any atom is -0.342 e. The van der Waals surface area contributed by atoms with Crippen molar-refractivity contribution in [3.63, 3.8) is 0 Å². The molecule has 0 aromatic carbocycles. The summed E-state index contributed by atoms with van der Waals surface area (Å²) in [7, 11) is 0. The summed E-state index contributed by atoms with van der Waals surface area (Å²) in [6.07, 6.45) is 6.63. The fraction of sp³-hybridized carbons (Fsp3) is 0.588. The van der Waals surface area contributed by atoms with Crippen LogP contribution in [-0.4, -0.2) is 38.4 Å². The number of aryl methyl sites for hydroxylation is 3. The fourth-order valence-corrected chi connectivity index (χ4v) is 4.23. The van der Waals surface area contributed by atoms with Crippen molar-refractivity contribution in [1.29, 1.82) is 0 Å². The Balaban J connectivity index is 1.60. The van der Waals surface area contributed by atoms with E-state index in [4.69, 9.17) is 0 Å². The molecule has 0 spiro atoms. The molecule has 3 rings (SSSR count). The van der Waals surface area contributed by atoms with E-state index in [0.29, 0.717) is 12.3 Å². The molecule has 1 saturated heterocycles. The summed E-state index contributed by atoms with van der Waals surface area (Å²) in [6, 6.07) is 0. The normalized spacial score (nSPS) is 18.4. The van der Waals surface area contributed by atoms with Crippen molar-refractivity contribution in [1.82, 2.24) is 19.4 Å². The highest BCUT2D eigenvalue weighted by Crippen LogP contribution is 2.22. The second-order valence-electron chi connectivity index (χ2n) is 6.39. The number of imidazole rings is 1. The highest BCUT2D eigenvalue weighted by molar-refractivity contribution is 7.11. The van der Waals surface area contributed by atoms with E-state index in [0.717, 1.165) is 47.5 Å². The van der Waals surface area contributed by atoms with Crippen molar-refractivity contribution in [2.75, 3.05) is 13.1 Å². The molecular formula is C17H24N4OS. The van der Waals surface area contributed by atoms with Crippen LogP contribution in [0.4, 0.5) is 0 Å². The highest BCUT2D eigenvalue weighted by Gasteiger charge is 2.25. The molecule has 1 aliphatic heterocycles. The van der Waals surface area contributed by atoms with Crippen LogP contribution in [-0.2, 0) is 17.8 Å². The Morgan fingerprint density at radius 2 is 2.22 bits per heavy atom. The Kier molecular flexibility index (Phi) is 4.80. The SMILES string of the molecule is Cc1nc(C)c(CC(=O)N2CCC[C@H](Cn3ccnc3C)C2)s1. The van der Waals surface area contributed by atoms with E-state index in [1.54, 1.807) is 11.3 Å². The largest absolute Gasteiger partial charge is 0.342 e. The van der Waals surface area contributed by atoms with Crippen LogP contribution in [0.5, 0.6) is 0 Å². The van der Waals surface area contributed by atoms with Gasteiger partial charge in [-0.25, -0.2) is 9.97 Å². The third-order valence-corrected chi connectivity index (χ3v) is 5.63. The first-order valence-electron chi connectivity index (χ1n) is 8.21. The zero-order valence-electron chi connectivity index (χ0n) is 14.1. The summed E-state index contributed by atoms with van der Waals surface area (Å²) in [5.41, 5.74) is 1.00. The van der Waals surface area contributed by atoms with Gasteiger partial charge in [-0.3, -0.25) is 4.79 Å². The van der Waals surface area contributed by atoms with Gasteiger partial charge in [0.25, 0.3) is 0 Å². The van der Waals surface area contributed by atoms with Crippen LogP contribution in [0.2, 0.25) is 0 Å². The highest BCUT2D eigenvalue weighted by atomic mass is 32.1. The molecule has 1 atom stereocenters. The second-order valence-corrected chi connectivity index (χ2v) is 7.68. The number of amides is 1. The Labute approximate surface area is 141 Å². The summed E-state index contributed by atoms with van der Waals surface area (Å²) >= 11 is 1.64. The Morgan fingerprint density at radius 1 is 1.39 bits per heavy atom. The molecule has 2 aromatic rings. The smallest absolute Gasteiger partial charge is 0.227 e. The molecule has 0 bridgehead atoms. The summed E-state index contributed by atoms with van der Waals surface area (Å²) in [5.74, 6) is 1.80. The van der Waals surface area contributed by atoms with Crippen LogP contribution in [0.1, 0.15) is 34.2 Å². The lowest BCUT2D eigenvalue weighted by Gasteiger charge is -2.33. The summed E-state index contributed by atoms with van der Waals surface area (Å²) in [4.78, 5) is 24.5. The van der Waals surface area contributed by atoms with Crippen LogP contribution in [0.25, 0.3) is 0 Å². The molecule has 23 heavy (non-hydrogen) atoms. The van der Waals surface area contributed by atoms with E-state index in [2.05, 4.69) is 14.5 Å². The number of carbonyl (C=O) groups is 1. The van der Waals surface area contributed by atoms with Crippen LogP contribution >= 0.6 is 11.3 Å². The van der Waals surface area contributed by atoms with Gasteiger partial charge in [0.2, 0.25) is 5.91 Å². The molecule has 0 aliphatic carbocycles. The van der Waals surface area contributed by atoms with Gasteiger partial charge < -0.3 is 9.47 Å². The van der Waals surface area contributed by atoms with Crippen molar-refractivity contribution in [2.24, 2.45) is 5.92 Å². The second kappa shape index (κ2) is 6.83. The zero-order valence-corrected chi connectivity index (χ0v) is 14.9. The number of rotatable bonds is 4. The molecule has 0 radical (unpaired) electrons. The van der Waals surface area contributed by atoms with Crippen LogP contribution < -0.4 is 0 Å². The lowest BCUT2D eigenvalue weighted by Crippen LogP contribution is -2.41. The van der Waals surface area contributed by atoms with Crippen molar-refractivity contribution in [3.8, 4) is 0 Å². The van der Waals surface area contributed by atoms with Crippen LogP contribution in [0.3, 0.4) is 0 Å². The maximum absolute atomic E-state index is 12.6. The van der Waals surface area contributed by atoms with Crippen LogP contribution in [0.15, 0.2) is 12.4 Å². The molecule has 3 heterocycles. The fourth-order valence-electron chi connectivity index (χ4n) is 3.30. The van der Waals surface area contributed by atoms with Crippen molar-refractivity contribution < 1.29 is 4.79 Å². The average molecular weight is 332 g/mol. The van der Waals surface area contributed by atoms with E-state index in [-0.39, 0.29) is 5.91 Å². The Hall–Kier alpha value is -1.69. The number of nitrogens with zero attached hydrogens (tertiary/aromatic N) is 4. The molecule has 5 nitrogen and oxygen atoms in total. The monoisotopic (exact) mass is 332 g/mol. The summed E-state index contributed by atoms with van der Waals surface area (Å²) in [5, 5.41) is 1.04. The van der Waals surface area contributed by atoms with Gasteiger partial charge in [0.1, 0.15) is 5.82 Å². The third kappa shape index (κ3) is 3.80. The molecule has 1 fully saturated rings. The van der Waals surface area contributed by atoms with Gasteiger partial charge >= 0.3 is 0 Å². The summed E-state index contributed by atoms with van der Waals surface area (Å²) < 4.78 is 2.19. The van der Waals surface area contributed by atoms with Gasteiger partial charge in [0, 0.05) is 36.9 Å². The number of carbonyl (C=O) groups excluding carboxylic acids is 1. The zero-order chi connectivity index (χ0) is 16.4. The first kappa shape index (κ1) is 16.2. The van der Waals surface area contributed by atoms with E-state index in [1.807, 2.05) is 38.1 Å². The third-order valence-electron chi connectivity index (χ3n) is 4.56. The Morgan fingerprint density at radius 3 is 2.87 bits per heavy atom. The number of piperidine rings is 1. The van der Waals surface area contributed by atoms with Crippen molar-refractivity contribution in [2.45, 2.75) is 46.6 Å². The first-order valence-corrected chi connectivity index (χ1v) is 9.03. The van der Waals surface area contributed by atoms with Crippen LogP contribution in [0, 0.1) is 26.7 Å². The predicted octanol–water partition coefficient (Wildman–Crippen LogP) is 2.75. The van der Waals surface area contributed by atoms with Gasteiger partial charge in [-0.2, -0.15) is 0 Å². The number of thiazole rings is 1. The minimum atomic E-state index is 0.240. The van der Waals surface area contributed by atoms with Gasteiger partial charge in [0.05, 0.1) is 17.1 Å². The van der Waals surface area contributed by atoms with E-state index in [9.17, 15) is 4.79 Å². The molecule has 2 aromatic heterocycles. The minimum absolute atomic E-state index is 0.240. The van der Waals surface area contributed by atoms with Crippen molar-refractivity contribution in [3.05, 3.63) is 33.8 Å². The Bertz CT molecular complexity index is 691. The first-order chi connectivity index (χ1) is 11.0. The predicted molar refractivity (Wildman–Crippen MR) is 91.6 cm³/mol. The van der Waals surface area contributed by atoms with E-state index < -0.39 is 0 Å². The molecule has 6 heteroatoms. The molecular weight excluding hydrogens is 308 g/mol. The molecule has 0 N–H and O–H groups in total. The number of likely N-dealkylation sites (tertiary alicyclic amines) is 1. The van der Waals surface area contributed by atoms with Crippen molar-refractivity contribution >= 4 is 17.2 Å². The number of hydrogen-bond acceptors (Lipinski definition) is 4.